The van der Waals surface area contributed by atoms with Gasteiger partial charge in [-0.1, -0.05) is 6.07 Å². The number of non-ortho nitro benzene ring substituents is 1. The molecule has 1 unspecified atom stereocenters. The number of nitrogens with zero attached hydrogens (tertiary/aromatic N) is 2. The van der Waals surface area contributed by atoms with Crippen LogP contribution in [0.1, 0.15) is 18.9 Å². The SMILES string of the molecule is CC(C(=O)Nc1ccc([N+](=O)[O-])cc1)N1CCCc2c(N)cccc21.Cl. The van der Waals surface area contributed by atoms with Crippen molar-refractivity contribution in [2.45, 2.75) is 25.8 Å². The number of nitro groups is 1. The molecule has 7 nitrogen and oxygen atoms in total. The summed E-state index contributed by atoms with van der Waals surface area (Å²) in [7, 11) is 0. The van der Waals surface area contributed by atoms with Crippen molar-refractivity contribution in [2.75, 3.05) is 22.5 Å². The van der Waals surface area contributed by atoms with Gasteiger partial charge in [-0.2, -0.15) is 0 Å². The number of hydrogen-bond acceptors (Lipinski definition) is 5. The molecule has 1 aliphatic rings. The highest BCUT2D eigenvalue weighted by atomic mass is 35.5. The van der Waals surface area contributed by atoms with Crippen LogP contribution < -0.4 is 16.0 Å². The van der Waals surface area contributed by atoms with E-state index < -0.39 is 4.92 Å². The molecule has 1 aliphatic heterocycles. The standard InChI is InChI=1S/C18H20N4O3.ClH/c1-12(18(23)20-13-7-9-14(10-8-13)22(24)25)21-11-3-4-15-16(19)5-2-6-17(15)21;/h2,5-10,12H,3-4,11,19H2,1H3,(H,20,23);1H. The van der Waals surface area contributed by atoms with Crippen molar-refractivity contribution in [3.63, 3.8) is 0 Å². The van der Waals surface area contributed by atoms with E-state index in [0.717, 1.165) is 36.3 Å². The molecule has 8 heteroatoms. The Labute approximate surface area is 157 Å². The summed E-state index contributed by atoms with van der Waals surface area (Å²) in [4.78, 5) is 24.9. The van der Waals surface area contributed by atoms with Crippen molar-refractivity contribution < 1.29 is 9.72 Å². The number of nitrogen functional groups attached to an aromatic ring is 1. The molecule has 0 saturated carbocycles. The average Bonchev–Trinajstić information content (AvgIpc) is 2.61. The maximum Gasteiger partial charge on any atom is 0.269 e. The number of amides is 1. The van der Waals surface area contributed by atoms with Crippen LogP contribution in [0.2, 0.25) is 0 Å². The van der Waals surface area contributed by atoms with Gasteiger partial charge in [-0.3, -0.25) is 14.9 Å². The normalized spacial score (nSPS) is 14.0. The molecule has 0 aromatic heterocycles. The van der Waals surface area contributed by atoms with Gasteiger partial charge in [0.1, 0.15) is 6.04 Å². The topological polar surface area (TPSA) is 101 Å². The zero-order valence-corrected chi connectivity index (χ0v) is 15.2. The number of rotatable bonds is 4. The number of hydrogen-bond donors (Lipinski definition) is 2. The molecule has 0 saturated heterocycles. The quantitative estimate of drug-likeness (QED) is 0.484. The smallest absolute Gasteiger partial charge is 0.269 e. The summed E-state index contributed by atoms with van der Waals surface area (Å²) in [6, 6.07) is 11.2. The zero-order valence-electron chi connectivity index (χ0n) is 14.3. The number of halogens is 1. The average molecular weight is 377 g/mol. The molecule has 1 atom stereocenters. The lowest BCUT2D eigenvalue weighted by Gasteiger charge is -2.36. The fourth-order valence-electron chi connectivity index (χ4n) is 3.14. The third-order valence-corrected chi connectivity index (χ3v) is 4.52. The summed E-state index contributed by atoms with van der Waals surface area (Å²) in [6.45, 7) is 2.63. The van der Waals surface area contributed by atoms with Crippen LogP contribution in [0, 0.1) is 10.1 Å². The molecule has 3 N–H and O–H groups in total. The molecule has 0 bridgehead atoms. The van der Waals surface area contributed by atoms with Gasteiger partial charge in [0, 0.05) is 35.7 Å². The predicted octanol–water partition coefficient (Wildman–Crippen LogP) is 3.38. The van der Waals surface area contributed by atoms with Crippen molar-refractivity contribution in [2.24, 2.45) is 0 Å². The van der Waals surface area contributed by atoms with Gasteiger partial charge in [0.15, 0.2) is 0 Å². The summed E-state index contributed by atoms with van der Waals surface area (Å²) in [5.41, 5.74) is 9.43. The Hall–Kier alpha value is -2.80. The van der Waals surface area contributed by atoms with E-state index in [1.807, 2.05) is 25.1 Å². The summed E-state index contributed by atoms with van der Waals surface area (Å²) in [5, 5.41) is 13.5. The van der Waals surface area contributed by atoms with Crippen molar-refractivity contribution in [3.8, 4) is 0 Å². The molecule has 0 aliphatic carbocycles. The second-order valence-corrected chi connectivity index (χ2v) is 6.11. The minimum Gasteiger partial charge on any atom is -0.398 e. The monoisotopic (exact) mass is 376 g/mol. The first-order valence-corrected chi connectivity index (χ1v) is 8.16. The van der Waals surface area contributed by atoms with Crippen molar-refractivity contribution in [3.05, 3.63) is 58.1 Å². The van der Waals surface area contributed by atoms with E-state index in [9.17, 15) is 14.9 Å². The molecule has 138 valence electrons. The first-order chi connectivity index (χ1) is 12.0. The number of anilines is 3. The van der Waals surface area contributed by atoms with Gasteiger partial charge < -0.3 is 16.0 Å². The Morgan fingerprint density at radius 1 is 1.27 bits per heavy atom. The Morgan fingerprint density at radius 3 is 2.62 bits per heavy atom. The van der Waals surface area contributed by atoms with Crippen LogP contribution in [0.15, 0.2) is 42.5 Å². The zero-order chi connectivity index (χ0) is 18.0. The lowest BCUT2D eigenvalue weighted by atomic mass is 9.98. The van der Waals surface area contributed by atoms with Gasteiger partial charge in [-0.05, 0) is 49.6 Å². The molecular weight excluding hydrogens is 356 g/mol. The van der Waals surface area contributed by atoms with Crippen LogP contribution in [0.3, 0.4) is 0 Å². The number of benzene rings is 2. The molecular formula is C18H21ClN4O3. The molecule has 3 rings (SSSR count). The predicted molar refractivity (Wildman–Crippen MR) is 105 cm³/mol. The summed E-state index contributed by atoms with van der Waals surface area (Å²) in [5.74, 6) is -0.163. The molecule has 26 heavy (non-hydrogen) atoms. The highest BCUT2D eigenvalue weighted by molar-refractivity contribution is 5.97. The third kappa shape index (κ3) is 3.88. The Balaban J connectivity index is 0.00000243. The molecule has 0 radical (unpaired) electrons. The third-order valence-electron chi connectivity index (χ3n) is 4.52. The highest BCUT2D eigenvalue weighted by Gasteiger charge is 2.27. The number of nitrogens with two attached hydrogens (primary N) is 1. The van der Waals surface area contributed by atoms with E-state index in [0.29, 0.717) is 5.69 Å². The van der Waals surface area contributed by atoms with E-state index in [4.69, 9.17) is 5.73 Å². The summed E-state index contributed by atoms with van der Waals surface area (Å²) >= 11 is 0. The van der Waals surface area contributed by atoms with Crippen LogP contribution in [-0.4, -0.2) is 23.4 Å². The van der Waals surface area contributed by atoms with Gasteiger partial charge in [0.2, 0.25) is 5.91 Å². The van der Waals surface area contributed by atoms with E-state index in [1.54, 1.807) is 0 Å². The second kappa shape index (κ2) is 8.05. The van der Waals surface area contributed by atoms with Gasteiger partial charge in [0.25, 0.3) is 5.69 Å². The number of nitrogens with one attached hydrogen (secondary N) is 1. The first kappa shape index (κ1) is 19.5. The van der Waals surface area contributed by atoms with Crippen LogP contribution in [0.4, 0.5) is 22.7 Å². The van der Waals surface area contributed by atoms with Gasteiger partial charge in [-0.15, -0.1) is 12.4 Å². The van der Waals surface area contributed by atoms with Crippen LogP contribution in [0.25, 0.3) is 0 Å². The summed E-state index contributed by atoms with van der Waals surface area (Å²) in [6.07, 6.45) is 1.85. The maximum atomic E-state index is 12.6. The van der Waals surface area contributed by atoms with Crippen molar-refractivity contribution in [1.29, 1.82) is 0 Å². The Kier molecular flexibility index (Phi) is 6.05. The molecule has 2 aromatic rings. The van der Waals surface area contributed by atoms with Crippen LogP contribution in [-0.2, 0) is 11.2 Å². The number of carbonyl (C=O) groups is 1. The van der Waals surface area contributed by atoms with Crippen molar-refractivity contribution >= 4 is 41.1 Å². The molecule has 1 heterocycles. The molecule has 0 spiro atoms. The number of nitro benzene ring substituents is 1. The molecule has 0 fully saturated rings. The van der Waals surface area contributed by atoms with E-state index in [1.165, 1.54) is 24.3 Å². The second-order valence-electron chi connectivity index (χ2n) is 6.11. The number of carbonyl (C=O) groups excluding carboxylic acids is 1. The number of fused-ring (bicyclic) bond motifs is 1. The first-order valence-electron chi connectivity index (χ1n) is 8.16. The Bertz CT molecular complexity index is 811. The molecule has 2 aromatic carbocycles. The van der Waals surface area contributed by atoms with E-state index in [2.05, 4.69) is 10.2 Å². The fourth-order valence-corrected chi connectivity index (χ4v) is 3.14. The fraction of sp³-hybridized carbons (Fsp3) is 0.278. The van der Waals surface area contributed by atoms with Crippen LogP contribution >= 0.6 is 12.4 Å². The van der Waals surface area contributed by atoms with E-state index >= 15 is 0 Å². The Morgan fingerprint density at radius 2 is 1.96 bits per heavy atom. The maximum absolute atomic E-state index is 12.6. The lowest BCUT2D eigenvalue weighted by molar-refractivity contribution is -0.384. The minimum absolute atomic E-state index is 0. The molecule has 1 amide bonds. The highest BCUT2D eigenvalue weighted by Crippen LogP contribution is 2.32. The van der Waals surface area contributed by atoms with Crippen LogP contribution in [0.5, 0.6) is 0 Å². The van der Waals surface area contributed by atoms with Gasteiger partial charge in [-0.25, -0.2) is 0 Å². The van der Waals surface area contributed by atoms with Crippen molar-refractivity contribution in [1.82, 2.24) is 0 Å². The summed E-state index contributed by atoms with van der Waals surface area (Å²) < 4.78 is 0. The lowest BCUT2D eigenvalue weighted by Crippen LogP contribution is -2.44. The largest absolute Gasteiger partial charge is 0.398 e. The van der Waals surface area contributed by atoms with Gasteiger partial charge >= 0.3 is 0 Å². The minimum atomic E-state index is -0.469. The van der Waals surface area contributed by atoms with Gasteiger partial charge in [0.05, 0.1) is 4.92 Å². The van der Waals surface area contributed by atoms with E-state index in [-0.39, 0.29) is 30.0 Å².